The summed E-state index contributed by atoms with van der Waals surface area (Å²) in [5, 5.41) is 0. The summed E-state index contributed by atoms with van der Waals surface area (Å²) in [7, 11) is 0. The van der Waals surface area contributed by atoms with Gasteiger partial charge in [-0.15, -0.1) is 0 Å². The smallest absolute Gasteiger partial charge is 0.324 e. The number of hydrogen-bond acceptors (Lipinski definition) is 0. The molecule has 1 nitrogen and oxygen atoms in total. The van der Waals surface area contributed by atoms with Crippen LogP contribution in [0.2, 0.25) is 0 Å². The van der Waals surface area contributed by atoms with Crippen LogP contribution in [0.5, 0.6) is 0 Å². The van der Waals surface area contributed by atoms with Crippen LogP contribution in [0.1, 0.15) is 66.8 Å². The Morgan fingerprint density at radius 1 is 0.551 bits per heavy atom. The molecule has 252 valence electrons. The van der Waals surface area contributed by atoms with Crippen molar-refractivity contribution in [2.24, 2.45) is 0 Å². The molecule has 1 spiro atoms. The third-order valence-corrected chi connectivity index (χ3v) is 11.9. The summed E-state index contributed by atoms with van der Waals surface area (Å²) >= 11 is 0. The number of aryl methyl sites for hydroxylation is 1. The van der Waals surface area contributed by atoms with Gasteiger partial charge in [0, 0.05) is 18.3 Å². The van der Waals surface area contributed by atoms with Crippen LogP contribution in [0, 0.1) is 6.92 Å². The Morgan fingerprint density at radius 2 is 1.02 bits per heavy atom. The number of rotatable bonds is 7. The van der Waals surface area contributed by atoms with Crippen molar-refractivity contribution in [1.82, 2.24) is 0 Å². The average Bonchev–Trinajstić information content (AvgIpc) is 3.13. The van der Waals surface area contributed by atoms with E-state index in [1.165, 1.54) is 68.3 Å². The molecule has 2 aliphatic rings. The molecule has 7 rings (SSSR count). The van der Waals surface area contributed by atoms with Gasteiger partial charge in [-0.25, -0.2) is 0 Å². The second-order valence-corrected chi connectivity index (χ2v) is 15.0. The molecule has 0 amide bonds. The predicted octanol–water partition coefficient (Wildman–Crippen LogP) is 11.5. The molecule has 49 heavy (non-hydrogen) atoms. The fourth-order valence-corrected chi connectivity index (χ4v) is 8.52. The van der Waals surface area contributed by atoms with Crippen LogP contribution >= 0.6 is 0 Å². The van der Waals surface area contributed by atoms with E-state index in [9.17, 15) is 0 Å². The second-order valence-electron chi connectivity index (χ2n) is 15.0. The summed E-state index contributed by atoms with van der Waals surface area (Å²) in [6, 6.07) is 40.0. The lowest BCUT2D eigenvalue weighted by Crippen LogP contribution is -2.58. The number of benzene rings is 5. The summed E-state index contributed by atoms with van der Waals surface area (Å²) in [6.07, 6.45) is 1.85. The maximum atomic E-state index is 15.6. The standard InChI is InChI=1S/C45H47F3N/c1-34-11-15-36(16-12-34)39-21-25-42(26-22-39)44(45(46,47)48,41-9-5-3-6-10-41)33-35-13-17-37(18-14-35)38-19-23-40(24-20-38)43(2)27-31-49(32-28-43)29-7-4-8-30-49/h3,5-6,9-26H,4,7-8,27-33H2,1-2H3/q+1. The first-order chi connectivity index (χ1) is 23.6. The molecule has 4 heteroatoms. The Labute approximate surface area is 290 Å². The third kappa shape index (κ3) is 6.60. The zero-order valence-corrected chi connectivity index (χ0v) is 28.8. The van der Waals surface area contributed by atoms with E-state index in [2.05, 4.69) is 31.2 Å². The van der Waals surface area contributed by atoms with E-state index >= 15 is 13.2 Å². The van der Waals surface area contributed by atoms with Gasteiger partial charge in [0.1, 0.15) is 5.41 Å². The van der Waals surface area contributed by atoms with E-state index in [0.717, 1.165) is 27.8 Å². The first-order valence-electron chi connectivity index (χ1n) is 17.9. The van der Waals surface area contributed by atoms with Gasteiger partial charge in [0.25, 0.3) is 0 Å². The van der Waals surface area contributed by atoms with Crippen molar-refractivity contribution in [3.8, 4) is 22.3 Å². The van der Waals surface area contributed by atoms with Crippen LogP contribution in [-0.2, 0) is 17.3 Å². The highest BCUT2D eigenvalue weighted by Crippen LogP contribution is 2.49. The Bertz CT molecular complexity index is 1820. The quantitative estimate of drug-likeness (QED) is 0.153. The molecule has 2 aliphatic heterocycles. The lowest BCUT2D eigenvalue weighted by molar-refractivity contribution is -0.938. The van der Waals surface area contributed by atoms with Crippen LogP contribution in [0.25, 0.3) is 22.3 Å². The number of halogens is 3. The van der Waals surface area contributed by atoms with Crippen LogP contribution in [0.3, 0.4) is 0 Å². The fourth-order valence-electron chi connectivity index (χ4n) is 8.52. The van der Waals surface area contributed by atoms with Crippen molar-refractivity contribution in [2.45, 2.75) is 69.4 Å². The zero-order chi connectivity index (χ0) is 34.1. The molecular formula is C45H47F3N+. The monoisotopic (exact) mass is 658 g/mol. The number of alkyl halides is 3. The largest absolute Gasteiger partial charge is 0.402 e. The van der Waals surface area contributed by atoms with Crippen LogP contribution in [-0.4, -0.2) is 36.8 Å². The summed E-state index contributed by atoms with van der Waals surface area (Å²) in [6.45, 7) is 9.70. The van der Waals surface area contributed by atoms with Gasteiger partial charge >= 0.3 is 6.18 Å². The van der Waals surface area contributed by atoms with Crippen molar-refractivity contribution in [3.05, 3.63) is 155 Å². The fraction of sp³-hybridized carbons (Fsp3) is 0.333. The predicted molar refractivity (Wildman–Crippen MR) is 196 cm³/mol. The van der Waals surface area contributed by atoms with Crippen molar-refractivity contribution < 1.29 is 17.7 Å². The Kier molecular flexibility index (Phi) is 9.04. The van der Waals surface area contributed by atoms with Gasteiger partial charge in [-0.3, -0.25) is 0 Å². The molecule has 0 radical (unpaired) electrons. The summed E-state index contributed by atoms with van der Waals surface area (Å²) in [4.78, 5) is 0. The normalized spacial score (nSPS) is 18.6. The van der Waals surface area contributed by atoms with E-state index in [1.54, 1.807) is 42.5 Å². The molecule has 0 saturated carbocycles. The molecule has 5 aromatic carbocycles. The van der Waals surface area contributed by atoms with E-state index < -0.39 is 11.6 Å². The van der Waals surface area contributed by atoms with Crippen molar-refractivity contribution >= 4 is 0 Å². The highest BCUT2D eigenvalue weighted by molar-refractivity contribution is 5.66. The van der Waals surface area contributed by atoms with Gasteiger partial charge in [0.05, 0.1) is 26.2 Å². The van der Waals surface area contributed by atoms with Crippen molar-refractivity contribution in [3.63, 3.8) is 0 Å². The molecule has 2 heterocycles. The van der Waals surface area contributed by atoms with Gasteiger partial charge in [-0.2, -0.15) is 13.2 Å². The Hall–Kier alpha value is -4.15. The second kappa shape index (κ2) is 13.3. The molecule has 0 aliphatic carbocycles. The summed E-state index contributed by atoms with van der Waals surface area (Å²) < 4.78 is 48.0. The molecule has 5 aromatic rings. The van der Waals surface area contributed by atoms with E-state index in [1.807, 2.05) is 67.6 Å². The zero-order valence-electron chi connectivity index (χ0n) is 28.8. The highest BCUT2D eigenvalue weighted by Gasteiger charge is 2.56. The number of quaternary nitrogens is 1. The van der Waals surface area contributed by atoms with Crippen molar-refractivity contribution in [1.29, 1.82) is 0 Å². The molecule has 2 fully saturated rings. The third-order valence-electron chi connectivity index (χ3n) is 11.9. The highest BCUT2D eigenvalue weighted by atomic mass is 19.4. The molecule has 0 N–H and O–H groups in total. The van der Waals surface area contributed by atoms with Crippen LogP contribution in [0.4, 0.5) is 13.2 Å². The SMILES string of the molecule is Cc1ccc(-c2ccc(C(Cc3ccc(-c4ccc(C5(C)CC[N+]6(CCCCC6)CC5)cc4)cc3)(c3ccccc3)C(F)(F)F)cc2)cc1. The van der Waals surface area contributed by atoms with Crippen LogP contribution < -0.4 is 0 Å². The maximum absolute atomic E-state index is 15.6. The van der Waals surface area contributed by atoms with Crippen molar-refractivity contribution in [2.75, 3.05) is 26.2 Å². The Balaban J connectivity index is 1.14. The minimum Gasteiger partial charge on any atom is -0.324 e. The van der Waals surface area contributed by atoms with Gasteiger partial charge in [0.15, 0.2) is 0 Å². The van der Waals surface area contributed by atoms with E-state index in [0.29, 0.717) is 5.56 Å². The van der Waals surface area contributed by atoms with Gasteiger partial charge < -0.3 is 4.48 Å². The number of piperidine rings is 2. The average molecular weight is 659 g/mol. The molecule has 2 saturated heterocycles. The lowest BCUT2D eigenvalue weighted by Gasteiger charge is -2.49. The Morgan fingerprint density at radius 3 is 1.55 bits per heavy atom. The summed E-state index contributed by atoms with van der Waals surface area (Å²) in [5.74, 6) is 0. The minimum atomic E-state index is -4.53. The number of hydrogen-bond donors (Lipinski definition) is 0. The topological polar surface area (TPSA) is 0 Å². The first kappa shape index (κ1) is 33.4. The minimum absolute atomic E-state index is 0.192. The molecule has 1 atom stereocenters. The maximum Gasteiger partial charge on any atom is 0.402 e. The molecular weight excluding hydrogens is 611 g/mol. The molecule has 0 aromatic heterocycles. The molecule has 1 unspecified atom stereocenters. The van der Waals surface area contributed by atoms with Gasteiger partial charge in [0.2, 0.25) is 0 Å². The van der Waals surface area contributed by atoms with Crippen LogP contribution in [0.15, 0.2) is 127 Å². The van der Waals surface area contributed by atoms with E-state index in [-0.39, 0.29) is 23.0 Å². The van der Waals surface area contributed by atoms with Gasteiger partial charge in [-0.05, 0) is 77.1 Å². The molecule has 0 bridgehead atoms. The van der Waals surface area contributed by atoms with Gasteiger partial charge in [-0.1, -0.05) is 140 Å². The number of nitrogens with zero attached hydrogens (tertiary/aromatic N) is 1. The lowest BCUT2D eigenvalue weighted by atomic mass is 9.69. The summed E-state index contributed by atoms with van der Waals surface area (Å²) in [5.41, 5.74) is 5.65. The first-order valence-corrected chi connectivity index (χ1v) is 17.9. The van der Waals surface area contributed by atoms with E-state index in [4.69, 9.17) is 0 Å².